The number of hydrogen-bond donors (Lipinski definition) is 1. The van der Waals surface area contributed by atoms with Crippen LogP contribution in [-0.4, -0.2) is 27.4 Å². The molecular formula is C12H16ClNO3S. The third-order valence-electron chi connectivity index (χ3n) is 3.10. The molecule has 1 aromatic carbocycles. The molecule has 1 aromatic rings. The lowest BCUT2D eigenvalue weighted by molar-refractivity contribution is 0.0723. The minimum absolute atomic E-state index is 0.0677. The van der Waals surface area contributed by atoms with E-state index >= 15 is 0 Å². The summed E-state index contributed by atoms with van der Waals surface area (Å²) in [6.45, 7) is 1.25. The topological polar surface area (TPSA) is 69.4 Å². The third kappa shape index (κ3) is 2.96. The summed E-state index contributed by atoms with van der Waals surface area (Å²) in [6, 6.07) is 4.75. The van der Waals surface area contributed by atoms with Crippen molar-refractivity contribution in [2.45, 2.75) is 17.7 Å². The van der Waals surface area contributed by atoms with Gasteiger partial charge >= 0.3 is 0 Å². The molecule has 0 bridgehead atoms. The molecule has 18 heavy (non-hydrogen) atoms. The zero-order chi connectivity index (χ0) is 13.2. The van der Waals surface area contributed by atoms with Crippen LogP contribution in [0.1, 0.15) is 12.8 Å². The Bertz CT molecular complexity index is 504. The smallest absolute Gasteiger partial charge is 0.182 e. The van der Waals surface area contributed by atoms with Gasteiger partial charge in [0.15, 0.2) is 9.84 Å². The highest BCUT2D eigenvalue weighted by Gasteiger charge is 2.26. The van der Waals surface area contributed by atoms with Crippen LogP contribution in [0.4, 0.5) is 5.69 Å². The number of rotatable bonds is 3. The van der Waals surface area contributed by atoms with Gasteiger partial charge < -0.3 is 10.5 Å². The average Bonchev–Trinajstić information content (AvgIpc) is 2.28. The molecule has 6 heteroatoms. The lowest BCUT2D eigenvalue weighted by atomic mass is 10.0. The molecule has 2 rings (SSSR count). The average molecular weight is 290 g/mol. The van der Waals surface area contributed by atoms with Crippen LogP contribution in [0.25, 0.3) is 0 Å². The Morgan fingerprint density at radius 3 is 2.61 bits per heavy atom. The van der Waals surface area contributed by atoms with E-state index in [9.17, 15) is 8.42 Å². The second kappa shape index (κ2) is 5.47. The Balaban J connectivity index is 2.25. The second-order valence-electron chi connectivity index (χ2n) is 4.50. The fourth-order valence-corrected chi connectivity index (χ4v) is 4.61. The molecule has 0 spiro atoms. The first kappa shape index (κ1) is 13.6. The van der Waals surface area contributed by atoms with Crippen LogP contribution in [0, 0.1) is 5.92 Å². The molecule has 1 saturated heterocycles. The molecule has 0 atom stereocenters. The van der Waals surface area contributed by atoms with Gasteiger partial charge in [0.05, 0.1) is 16.5 Å². The summed E-state index contributed by atoms with van der Waals surface area (Å²) in [5.41, 5.74) is 5.94. The van der Waals surface area contributed by atoms with E-state index < -0.39 is 9.84 Å². The van der Waals surface area contributed by atoms with Gasteiger partial charge in [-0.1, -0.05) is 17.7 Å². The van der Waals surface area contributed by atoms with Gasteiger partial charge in [-0.3, -0.25) is 0 Å². The van der Waals surface area contributed by atoms with Crippen molar-refractivity contribution in [1.82, 2.24) is 0 Å². The van der Waals surface area contributed by atoms with Crippen molar-refractivity contribution in [2.24, 2.45) is 5.92 Å². The lowest BCUT2D eigenvalue weighted by Gasteiger charge is -2.22. The standard InChI is InChI=1S/C12H16ClNO3S/c13-10-2-1-3-11(14)12(10)18(15,16)8-9-4-6-17-7-5-9/h1-3,9H,4-8,14H2. The van der Waals surface area contributed by atoms with Gasteiger partial charge in [0.1, 0.15) is 4.90 Å². The van der Waals surface area contributed by atoms with Crippen molar-refractivity contribution in [3.05, 3.63) is 23.2 Å². The van der Waals surface area contributed by atoms with Crippen molar-refractivity contribution in [3.8, 4) is 0 Å². The normalized spacial score (nSPS) is 17.8. The van der Waals surface area contributed by atoms with Crippen LogP contribution in [0.15, 0.2) is 23.1 Å². The number of nitrogens with two attached hydrogens (primary N) is 1. The van der Waals surface area contributed by atoms with E-state index in [4.69, 9.17) is 22.1 Å². The Hall–Kier alpha value is -0.780. The van der Waals surface area contributed by atoms with E-state index in [1.54, 1.807) is 18.2 Å². The number of sulfone groups is 1. The molecule has 1 aliphatic heterocycles. The number of ether oxygens (including phenoxy) is 1. The van der Waals surface area contributed by atoms with Crippen LogP contribution < -0.4 is 5.73 Å². The van der Waals surface area contributed by atoms with Gasteiger partial charge in [0.25, 0.3) is 0 Å². The molecular weight excluding hydrogens is 274 g/mol. The van der Waals surface area contributed by atoms with Gasteiger partial charge in [-0.05, 0) is 30.9 Å². The molecule has 4 nitrogen and oxygen atoms in total. The summed E-state index contributed by atoms with van der Waals surface area (Å²) in [4.78, 5) is 0.0677. The highest BCUT2D eigenvalue weighted by Crippen LogP contribution is 2.30. The molecule has 1 heterocycles. The van der Waals surface area contributed by atoms with E-state index in [2.05, 4.69) is 0 Å². The zero-order valence-electron chi connectivity index (χ0n) is 9.93. The van der Waals surface area contributed by atoms with Crippen LogP contribution >= 0.6 is 11.6 Å². The molecule has 0 saturated carbocycles. The van der Waals surface area contributed by atoms with Gasteiger partial charge in [-0.2, -0.15) is 0 Å². The number of halogens is 1. The van der Waals surface area contributed by atoms with Crippen molar-refractivity contribution in [2.75, 3.05) is 24.7 Å². The molecule has 0 amide bonds. The maximum absolute atomic E-state index is 12.3. The van der Waals surface area contributed by atoms with Crippen LogP contribution in [-0.2, 0) is 14.6 Å². The molecule has 1 fully saturated rings. The maximum atomic E-state index is 12.3. The molecule has 0 aliphatic carbocycles. The number of anilines is 1. The summed E-state index contributed by atoms with van der Waals surface area (Å²) in [5, 5.41) is 0.196. The Morgan fingerprint density at radius 1 is 1.33 bits per heavy atom. The van der Waals surface area contributed by atoms with E-state index in [1.165, 1.54) is 0 Å². The number of hydrogen-bond acceptors (Lipinski definition) is 4. The van der Waals surface area contributed by atoms with E-state index in [0.717, 1.165) is 12.8 Å². The Kier molecular flexibility index (Phi) is 4.14. The van der Waals surface area contributed by atoms with Crippen molar-refractivity contribution < 1.29 is 13.2 Å². The van der Waals surface area contributed by atoms with E-state index in [0.29, 0.717) is 13.2 Å². The minimum Gasteiger partial charge on any atom is -0.398 e. The molecule has 0 unspecified atom stereocenters. The van der Waals surface area contributed by atoms with Crippen molar-refractivity contribution >= 4 is 27.1 Å². The fraction of sp³-hybridized carbons (Fsp3) is 0.500. The number of nitrogen functional groups attached to an aromatic ring is 1. The number of benzene rings is 1. The molecule has 0 radical (unpaired) electrons. The summed E-state index contributed by atoms with van der Waals surface area (Å²) in [6.07, 6.45) is 1.53. The molecule has 0 aromatic heterocycles. The molecule has 1 aliphatic rings. The van der Waals surface area contributed by atoms with Gasteiger partial charge in [0, 0.05) is 13.2 Å². The van der Waals surface area contributed by atoms with E-state index in [1.807, 2.05) is 0 Å². The SMILES string of the molecule is Nc1cccc(Cl)c1S(=O)(=O)CC1CCOCC1. The predicted molar refractivity (Wildman–Crippen MR) is 71.5 cm³/mol. The lowest BCUT2D eigenvalue weighted by Crippen LogP contribution is -2.24. The minimum atomic E-state index is -3.43. The fourth-order valence-electron chi connectivity index (χ4n) is 2.16. The maximum Gasteiger partial charge on any atom is 0.182 e. The third-order valence-corrected chi connectivity index (χ3v) is 5.52. The monoisotopic (exact) mass is 289 g/mol. The quantitative estimate of drug-likeness (QED) is 0.866. The van der Waals surface area contributed by atoms with Gasteiger partial charge in [0.2, 0.25) is 0 Å². The highest BCUT2D eigenvalue weighted by molar-refractivity contribution is 7.91. The van der Waals surface area contributed by atoms with E-state index in [-0.39, 0.29) is 27.3 Å². The summed E-state index contributed by atoms with van der Waals surface area (Å²) >= 11 is 5.95. The first-order valence-electron chi connectivity index (χ1n) is 5.85. The van der Waals surface area contributed by atoms with Crippen LogP contribution in [0.5, 0.6) is 0 Å². The molecule has 2 N–H and O–H groups in total. The summed E-state index contributed by atoms with van der Waals surface area (Å²) in [5.74, 6) is 0.212. The largest absolute Gasteiger partial charge is 0.398 e. The van der Waals surface area contributed by atoms with Gasteiger partial charge in [-0.25, -0.2) is 8.42 Å². The summed E-state index contributed by atoms with van der Waals surface area (Å²) < 4.78 is 29.9. The predicted octanol–water partition coefficient (Wildman–Crippen LogP) is 2.12. The molecule has 100 valence electrons. The Labute approximate surface area is 112 Å². The Morgan fingerprint density at radius 2 is 2.00 bits per heavy atom. The van der Waals surface area contributed by atoms with Crippen molar-refractivity contribution in [3.63, 3.8) is 0 Å². The highest BCUT2D eigenvalue weighted by atomic mass is 35.5. The first-order valence-corrected chi connectivity index (χ1v) is 7.88. The zero-order valence-corrected chi connectivity index (χ0v) is 11.5. The summed E-state index contributed by atoms with van der Waals surface area (Å²) in [7, 11) is -3.43. The van der Waals surface area contributed by atoms with Crippen LogP contribution in [0.2, 0.25) is 5.02 Å². The van der Waals surface area contributed by atoms with Crippen molar-refractivity contribution in [1.29, 1.82) is 0 Å². The first-order chi connectivity index (χ1) is 8.50. The second-order valence-corrected chi connectivity index (χ2v) is 6.87. The van der Waals surface area contributed by atoms with Crippen LogP contribution in [0.3, 0.4) is 0 Å². The van der Waals surface area contributed by atoms with Gasteiger partial charge in [-0.15, -0.1) is 0 Å².